The fraction of sp³-hybridized carbons (Fsp3) is 0.562. The van der Waals surface area contributed by atoms with Gasteiger partial charge >= 0.3 is 0 Å². The lowest BCUT2D eigenvalue weighted by Gasteiger charge is -2.26. The van der Waals surface area contributed by atoms with Crippen LogP contribution in [0.25, 0.3) is 0 Å². The number of aliphatic imine (C=N–C) groups is 1. The van der Waals surface area contributed by atoms with Crippen LogP contribution in [0, 0.1) is 0 Å². The summed E-state index contributed by atoms with van der Waals surface area (Å²) in [7, 11) is 1.82. The molecule has 0 aromatic heterocycles. The predicted molar refractivity (Wildman–Crippen MR) is 92.6 cm³/mol. The van der Waals surface area contributed by atoms with Gasteiger partial charge in [0.2, 0.25) is 0 Å². The average molecular weight is 353 g/mol. The molecule has 1 fully saturated rings. The number of likely N-dealkylation sites (tertiary alicyclic amines) is 1. The Balaban J connectivity index is 1.68. The van der Waals surface area contributed by atoms with Crippen LogP contribution in [0.3, 0.4) is 0 Å². The monoisotopic (exact) mass is 352 g/mol. The molecule has 0 atom stereocenters. The fourth-order valence-electron chi connectivity index (χ4n) is 2.57. The fourth-order valence-corrected chi connectivity index (χ4v) is 3.02. The van der Waals surface area contributed by atoms with Gasteiger partial charge in [0.05, 0.1) is 0 Å². The van der Waals surface area contributed by atoms with E-state index in [0.29, 0.717) is 0 Å². The van der Waals surface area contributed by atoms with E-state index >= 15 is 0 Å². The Bertz CT molecular complexity index is 455. The van der Waals surface area contributed by atoms with Gasteiger partial charge in [-0.15, -0.1) is 0 Å². The molecule has 1 aliphatic heterocycles. The van der Waals surface area contributed by atoms with Gasteiger partial charge in [-0.05, 0) is 43.6 Å². The zero-order chi connectivity index (χ0) is 14.9. The molecule has 0 spiro atoms. The van der Waals surface area contributed by atoms with E-state index in [-0.39, 0.29) is 0 Å². The molecule has 1 heterocycles. The van der Waals surface area contributed by atoms with Crippen molar-refractivity contribution in [2.75, 3.05) is 33.2 Å². The van der Waals surface area contributed by atoms with Crippen LogP contribution in [-0.4, -0.2) is 44.1 Å². The molecule has 0 aliphatic carbocycles. The summed E-state index contributed by atoms with van der Waals surface area (Å²) in [5, 5.41) is 6.74. The number of halogens is 1. The molecule has 4 nitrogen and oxygen atoms in total. The standard InChI is InChI=1S/C16H25BrN4/c1-18-16(19-8-11-21-9-3-2-4-10-21)20-13-14-6-5-7-15(17)12-14/h5-7,12H,2-4,8-11,13H2,1H3,(H2,18,19,20). The lowest BCUT2D eigenvalue weighted by Crippen LogP contribution is -2.42. The molecule has 1 saturated heterocycles. The van der Waals surface area contributed by atoms with Crippen molar-refractivity contribution in [1.82, 2.24) is 15.5 Å². The zero-order valence-electron chi connectivity index (χ0n) is 12.7. The molecule has 2 N–H and O–H groups in total. The van der Waals surface area contributed by atoms with Gasteiger partial charge in [0.25, 0.3) is 0 Å². The molecule has 0 amide bonds. The van der Waals surface area contributed by atoms with Crippen molar-refractivity contribution in [3.63, 3.8) is 0 Å². The van der Waals surface area contributed by atoms with Crippen LogP contribution in [0.15, 0.2) is 33.7 Å². The maximum absolute atomic E-state index is 4.27. The third kappa shape index (κ3) is 6.06. The van der Waals surface area contributed by atoms with Gasteiger partial charge in [-0.1, -0.05) is 34.5 Å². The normalized spacial score (nSPS) is 16.8. The van der Waals surface area contributed by atoms with Crippen molar-refractivity contribution < 1.29 is 0 Å². The van der Waals surface area contributed by atoms with Crippen molar-refractivity contribution >= 4 is 21.9 Å². The number of guanidine groups is 1. The topological polar surface area (TPSA) is 39.7 Å². The van der Waals surface area contributed by atoms with Gasteiger partial charge < -0.3 is 15.5 Å². The van der Waals surface area contributed by atoms with E-state index < -0.39 is 0 Å². The highest BCUT2D eigenvalue weighted by atomic mass is 79.9. The molecule has 0 saturated carbocycles. The quantitative estimate of drug-likeness (QED) is 0.632. The molecule has 1 aromatic rings. The van der Waals surface area contributed by atoms with E-state index in [1.165, 1.54) is 37.9 Å². The molecule has 1 aliphatic rings. The van der Waals surface area contributed by atoms with Gasteiger partial charge in [0.1, 0.15) is 0 Å². The number of nitrogens with zero attached hydrogens (tertiary/aromatic N) is 2. The van der Waals surface area contributed by atoms with Crippen LogP contribution in [-0.2, 0) is 6.54 Å². The molecule has 2 rings (SSSR count). The van der Waals surface area contributed by atoms with Crippen molar-refractivity contribution in [2.24, 2.45) is 4.99 Å². The summed E-state index contributed by atoms with van der Waals surface area (Å²) < 4.78 is 1.11. The van der Waals surface area contributed by atoms with Crippen molar-refractivity contribution in [3.8, 4) is 0 Å². The molecule has 0 radical (unpaired) electrons. The zero-order valence-corrected chi connectivity index (χ0v) is 14.3. The van der Waals surface area contributed by atoms with Crippen molar-refractivity contribution in [1.29, 1.82) is 0 Å². The third-order valence-corrected chi connectivity index (χ3v) is 4.24. The summed E-state index contributed by atoms with van der Waals surface area (Å²) in [4.78, 5) is 6.80. The molecular weight excluding hydrogens is 328 g/mol. The highest BCUT2D eigenvalue weighted by molar-refractivity contribution is 9.10. The van der Waals surface area contributed by atoms with Crippen LogP contribution in [0.5, 0.6) is 0 Å². The summed E-state index contributed by atoms with van der Waals surface area (Å²) >= 11 is 3.49. The average Bonchev–Trinajstić information content (AvgIpc) is 2.52. The Morgan fingerprint density at radius 1 is 1.24 bits per heavy atom. The maximum atomic E-state index is 4.27. The second-order valence-electron chi connectivity index (χ2n) is 5.38. The first-order chi connectivity index (χ1) is 10.3. The second-order valence-corrected chi connectivity index (χ2v) is 6.30. The summed E-state index contributed by atoms with van der Waals surface area (Å²) in [5.74, 6) is 0.868. The van der Waals surface area contributed by atoms with Gasteiger partial charge in [-0.25, -0.2) is 0 Å². The Kier molecular flexibility index (Phi) is 7.03. The largest absolute Gasteiger partial charge is 0.355 e. The smallest absolute Gasteiger partial charge is 0.191 e. The summed E-state index contributed by atoms with van der Waals surface area (Å²) in [5.41, 5.74) is 1.24. The number of benzene rings is 1. The highest BCUT2D eigenvalue weighted by Gasteiger charge is 2.09. The van der Waals surface area contributed by atoms with E-state index in [4.69, 9.17) is 0 Å². The van der Waals surface area contributed by atoms with Crippen LogP contribution in [0.2, 0.25) is 0 Å². The number of piperidine rings is 1. The number of rotatable bonds is 5. The lowest BCUT2D eigenvalue weighted by molar-refractivity contribution is 0.232. The summed E-state index contributed by atoms with van der Waals surface area (Å²) in [6.07, 6.45) is 4.07. The van der Waals surface area contributed by atoms with Crippen LogP contribution in [0.4, 0.5) is 0 Å². The first-order valence-electron chi connectivity index (χ1n) is 7.69. The number of nitrogens with one attached hydrogen (secondary N) is 2. The summed E-state index contributed by atoms with van der Waals surface area (Å²) in [6, 6.07) is 8.32. The van der Waals surface area contributed by atoms with Gasteiger partial charge in [-0.3, -0.25) is 4.99 Å². The molecule has 21 heavy (non-hydrogen) atoms. The van der Waals surface area contributed by atoms with Gasteiger partial charge in [0, 0.05) is 31.2 Å². The number of hydrogen-bond acceptors (Lipinski definition) is 2. The van der Waals surface area contributed by atoms with Crippen molar-refractivity contribution in [3.05, 3.63) is 34.3 Å². The minimum atomic E-state index is 0.781. The van der Waals surface area contributed by atoms with E-state index in [0.717, 1.165) is 30.1 Å². The molecular formula is C16H25BrN4. The predicted octanol–water partition coefficient (Wildman–Crippen LogP) is 2.60. The highest BCUT2D eigenvalue weighted by Crippen LogP contribution is 2.11. The maximum Gasteiger partial charge on any atom is 0.191 e. The van der Waals surface area contributed by atoms with E-state index in [9.17, 15) is 0 Å². The Morgan fingerprint density at radius 3 is 2.76 bits per heavy atom. The van der Waals surface area contributed by atoms with E-state index in [2.05, 4.69) is 48.6 Å². The minimum absolute atomic E-state index is 0.781. The second kappa shape index (κ2) is 9.05. The number of hydrogen-bond donors (Lipinski definition) is 2. The first kappa shape index (κ1) is 16.3. The van der Waals surface area contributed by atoms with E-state index in [1.54, 1.807) is 0 Å². The van der Waals surface area contributed by atoms with E-state index in [1.807, 2.05) is 19.2 Å². The Morgan fingerprint density at radius 2 is 2.05 bits per heavy atom. The van der Waals surface area contributed by atoms with Gasteiger partial charge in [0.15, 0.2) is 5.96 Å². The van der Waals surface area contributed by atoms with Crippen LogP contribution >= 0.6 is 15.9 Å². The molecule has 5 heteroatoms. The van der Waals surface area contributed by atoms with Crippen molar-refractivity contribution in [2.45, 2.75) is 25.8 Å². The van der Waals surface area contributed by atoms with Crippen LogP contribution in [0.1, 0.15) is 24.8 Å². The SMILES string of the molecule is CN=C(NCCN1CCCCC1)NCc1cccc(Br)c1. The van der Waals surface area contributed by atoms with Gasteiger partial charge in [-0.2, -0.15) is 0 Å². The lowest BCUT2D eigenvalue weighted by atomic mass is 10.1. The first-order valence-corrected chi connectivity index (χ1v) is 8.48. The Labute approximate surface area is 136 Å². The third-order valence-electron chi connectivity index (χ3n) is 3.74. The Hall–Kier alpha value is -1.07. The molecule has 1 aromatic carbocycles. The summed E-state index contributed by atoms with van der Waals surface area (Å²) in [6.45, 7) is 5.30. The molecule has 116 valence electrons. The van der Waals surface area contributed by atoms with Crippen LogP contribution < -0.4 is 10.6 Å². The minimum Gasteiger partial charge on any atom is -0.355 e. The molecule has 0 bridgehead atoms. The molecule has 0 unspecified atom stereocenters.